The van der Waals surface area contributed by atoms with E-state index in [-0.39, 0.29) is 5.97 Å². The minimum Gasteiger partial charge on any atom is -0.434 e. The number of benzene rings is 1. The van der Waals surface area contributed by atoms with Gasteiger partial charge in [-0.15, -0.1) is 11.3 Å². The maximum Gasteiger partial charge on any atom is 0.340 e. The number of aryl methyl sites for hydroxylation is 1. The van der Waals surface area contributed by atoms with Gasteiger partial charge in [-0.3, -0.25) is 0 Å². The zero-order valence-corrected chi connectivity index (χ0v) is 9.95. The number of cyclic esters (lactones) is 1. The minimum atomic E-state index is -0.427. The van der Waals surface area contributed by atoms with Crippen LogP contribution in [0.3, 0.4) is 0 Å². The number of fused-ring (bicyclic) bond motifs is 1. The Labute approximate surface area is 102 Å². The van der Waals surface area contributed by atoms with Gasteiger partial charge in [0, 0.05) is 10.9 Å². The number of esters is 1. The molecule has 0 saturated heterocycles. The zero-order valence-electron chi connectivity index (χ0n) is 9.14. The summed E-state index contributed by atoms with van der Waals surface area (Å²) in [6.45, 7) is 1.93. The summed E-state index contributed by atoms with van der Waals surface area (Å²) in [5.74, 6) is -0.286. The smallest absolute Gasteiger partial charge is 0.340 e. The zero-order chi connectivity index (χ0) is 11.8. The number of ether oxygens (including phenoxy) is 1. The summed E-state index contributed by atoms with van der Waals surface area (Å²) in [6, 6.07) is 7.38. The van der Waals surface area contributed by atoms with E-state index >= 15 is 0 Å². The van der Waals surface area contributed by atoms with Crippen LogP contribution in [0.5, 0.6) is 0 Å². The maximum absolute atomic E-state index is 11.6. The van der Waals surface area contributed by atoms with E-state index in [1.54, 1.807) is 6.07 Å². The van der Waals surface area contributed by atoms with Crippen LogP contribution in [0.15, 0.2) is 29.6 Å². The SMILES string of the molecule is Cc1csc(N[C@H]2OC(=O)c3ccccc32)n1. The van der Waals surface area contributed by atoms with Gasteiger partial charge in [0.25, 0.3) is 0 Å². The highest BCUT2D eigenvalue weighted by Crippen LogP contribution is 2.31. The van der Waals surface area contributed by atoms with E-state index < -0.39 is 6.23 Å². The summed E-state index contributed by atoms with van der Waals surface area (Å²) in [7, 11) is 0. The summed E-state index contributed by atoms with van der Waals surface area (Å²) in [5, 5.41) is 5.82. The van der Waals surface area contributed by atoms with Crippen LogP contribution in [0, 0.1) is 6.92 Å². The molecule has 2 aromatic rings. The topological polar surface area (TPSA) is 51.2 Å². The first-order valence-corrected chi connectivity index (χ1v) is 6.10. The first-order chi connectivity index (χ1) is 8.24. The van der Waals surface area contributed by atoms with Crippen molar-refractivity contribution in [1.82, 2.24) is 4.98 Å². The van der Waals surface area contributed by atoms with E-state index in [0.717, 1.165) is 16.4 Å². The molecule has 0 bridgehead atoms. The Morgan fingerprint density at radius 3 is 3.00 bits per heavy atom. The molecule has 1 N–H and O–H groups in total. The molecule has 1 aliphatic heterocycles. The van der Waals surface area contributed by atoms with Gasteiger partial charge in [0.05, 0.1) is 11.3 Å². The molecule has 1 aliphatic rings. The average molecular weight is 246 g/mol. The Morgan fingerprint density at radius 1 is 1.41 bits per heavy atom. The molecule has 1 atom stereocenters. The van der Waals surface area contributed by atoms with E-state index in [4.69, 9.17) is 4.74 Å². The van der Waals surface area contributed by atoms with E-state index in [1.807, 2.05) is 30.5 Å². The van der Waals surface area contributed by atoms with Crippen molar-refractivity contribution in [2.45, 2.75) is 13.2 Å². The van der Waals surface area contributed by atoms with Crippen LogP contribution in [-0.2, 0) is 4.74 Å². The van der Waals surface area contributed by atoms with Crippen molar-refractivity contribution in [3.05, 3.63) is 46.5 Å². The fraction of sp³-hybridized carbons (Fsp3) is 0.167. The molecule has 4 nitrogen and oxygen atoms in total. The molecule has 0 amide bonds. The number of anilines is 1. The number of thiazole rings is 1. The van der Waals surface area contributed by atoms with Crippen LogP contribution in [0.4, 0.5) is 5.13 Å². The Kier molecular flexibility index (Phi) is 2.33. The molecule has 86 valence electrons. The van der Waals surface area contributed by atoms with E-state index in [1.165, 1.54) is 11.3 Å². The van der Waals surface area contributed by atoms with Crippen molar-refractivity contribution >= 4 is 22.4 Å². The molecule has 0 fully saturated rings. The van der Waals surface area contributed by atoms with E-state index in [0.29, 0.717) is 5.56 Å². The van der Waals surface area contributed by atoms with Gasteiger partial charge in [0.2, 0.25) is 6.23 Å². The van der Waals surface area contributed by atoms with E-state index in [9.17, 15) is 4.79 Å². The predicted molar refractivity (Wildman–Crippen MR) is 65.1 cm³/mol. The lowest BCUT2D eigenvalue weighted by atomic mass is 10.1. The average Bonchev–Trinajstić information content (AvgIpc) is 2.86. The molecule has 1 aromatic carbocycles. The number of carbonyl (C=O) groups excluding carboxylic acids is 1. The standard InChI is InChI=1S/C12H10N2O2S/c1-7-6-17-12(13-7)14-10-8-4-2-3-5-9(8)11(15)16-10/h2-6,10H,1H3,(H,13,14)/t10-/m0/s1. The second-order valence-corrected chi connectivity index (χ2v) is 4.67. The van der Waals surface area contributed by atoms with Gasteiger partial charge in [-0.2, -0.15) is 0 Å². The normalized spacial score (nSPS) is 17.7. The lowest BCUT2D eigenvalue weighted by Gasteiger charge is -2.11. The minimum absolute atomic E-state index is 0.286. The monoisotopic (exact) mass is 246 g/mol. The molecule has 0 saturated carbocycles. The first kappa shape index (κ1) is 10.3. The number of carbonyl (C=O) groups is 1. The Balaban J connectivity index is 1.89. The molecule has 0 radical (unpaired) electrons. The number of hydrogen-bond donors (Lipinski definition) is 1. The third-order valence-electron chi connectivity index (χ3n) is 2.56. The summed E-state index contributed by atoms with van der Waals surface area (Å²) in [4.78, 5) is 15.9. The number of nitrogens with zero attached hydrogens (tertiary/aromatic N) is 1. The first-order valence-electron chi connectivity index (χ1n) is 5.22. The third-order valence-corrected chi connectivity index (χ3v) is 3.45. The van der Waals surface area contributed by atoms with Crippen molar-refractivity contribution in [3.8, 4) is 0 Å². The van der Waals surface area contributed by atoms with Gasteiger partial charge in [0.15, 0.2) is 5.13 Å². The highest BCUT2D eigenvalue weighted by Gasteiger charge is 2.30. The molecule has 0 aliphatic carbocycles. The summed E-state index contributed by atoms with van der Waals surface area (Å²) >= 11 is 1.50. The van der Waals surface area contributed by atoms with Crippen molar-refractivity contribution in [2.75, 3.05) is 5.32 Å². The molecule has 5 heteroatoms. The number of hydrogen-bond acceptors (Lipinski definition) is 5. The van der Waals surface area contributed by atoms with Gasteiger partial charge < -0.3 is 10.1 Å². The number of nitrogens with one attached hydrogen (secondary N) is 1. The lowest BCUT2D eigenvalue weighted by Crippen LogP contribution is -2.09. The highest BCUT2D eigenvalue weighted by molar-refractivity contribution is 7.13. The van der Waals surface area contributed by atoms with Crippen molar-refractivity contribution < 1.29 is 9.53 Å². The highest BCUT2D eigenvalue weighted by atomic mass is 32.1. The van der Waals surface area contributed by atoms with Crippen molar-refractivity contribution in [3.63, 3.8) is 0 Å². The van der Waals surface area contributed by atoms with Gasteiger partial charge >= 0.3 is 5.97 Å². The van der Waals surface area contributed by atoms with Crippen LogP contribution >= 0.6 is 11.3 Å². The molecule has 3 rings (SSSR count). The molecular formula is C12H10N2O2S. The van der Waals surface area contributed by atoms with Gasteiger partial charge in [-0.25, -0.2) is 9.78 Å². The summed E-state index contributed by atoms with van der Waals surface area (Å²) < 4.78 is 5.26. The number of aromatic nitrogens is 1. The second-order valence-electron chi connectivity index (χ2n) is 3.81. The Bertz CT molecular complexity index is 579. The van der Waals surface area contributed by atoms with Crippen molar-refractivity contribution in [2.24, 2.45) is 0 Å². The molecule has 0 unspecified atom stereocenters. The van der Waals surface area contributed by atoms with Crippen molar-refractivity contribution in [1.29, 1.82) is 0 Å². The largest absolute Gasteiger partial charge is 0.434 e. The summed E-state index contributed by atoms with van der Waals surface area (Å²) in [6.07, 6.45) is -0.427. The Morgan fingerprint density at radius 2 is 2.24 bits per heavy atom. The number of rotatable bonds is 2. The lowest BCUT2D eigenvalue weighted by molar-refractivity contribution is 0.0437. The van der Waals surface area contributed by atoms with Crippen LogP contribution in [0.2, 0.25) is 0 Å². The molecule has 1 aromatic heterocycles. The Hall–Kier alpha value is -1.88. The van der Waals surface area contributed by atoms with Crippen LogP contribution < -0.4 is 5.32 Å². The van der Waals surface area contributed by atoms with Gasteiger partial charge in [0.1, 0.15) is 0 Å². The van der Waals surface area contributed by atoms with E-state index in [2.05, 4.69) is 10.3 Å². The van der Waals surface area contributed by atoms with Crippen LogP contribution in [0.1, 0.15) is 27.8 Å². The maximum atomic E-state index is 11.6. The fourth-order valence-corrected chi connectivity index (χ4v) is 2.49. The second kappa shape index (κ2) is 3.85. The third kappa shape index (κ3) is 1.78. The predicted octanol–water partition coefficient (Wildman–Crippen LogP) is 2.73. The summed E-state index contributed by atoms with van der Waals surface area (Å²) in [5.41, 5.74) is 2.44. The molecular weight excluding hydrogens is 236 g/mol. The van der Waals surface area contributed by atoms with Crippen LogP contribution in [0.25, 0.3) is 0 Å². The molecule has 0 spiro atoms. The quantitative estimate of drug-likeness (QED) is 0.828. The van der Waals surface area contributed by atoms with Gasteiger partial charge in [-0.05, 0) is 13.0 Å². The molecule has 17 heavy (non-hydrogen) atoms. The molecule has 2 heterocycles. The van der Waals surface area contributed by atoms with Crippen LogP contribution in [-0.4, -0.2) is 11.0 Å². The van der Waals surface area contributed by atoms with Gasteiger partial charge in [-0.1, -0.05) is 18.2 Å². The fourth-order valence-electron chi connectivity index (χ4n) is 1.79.